The largest absolute Gasteiger partial charge is 0.504 e. The van der Waals surface area contributed by atoms with Crippen LogP contribution in [0.2, 0.25) is 0 Å². The van der Waals surface area contributed by atoms with Crippen molar-refractivity contribution < 1.29 is 24.9 Å². The van der Waals surface area contributed by atoms with Crippen molar-refractivity contribution in [2.45, 2.75) is 45.6 Å². The second kappa shape index (κ2) is 8.09. The number of carbonyl (C=O) groups is 2. The predicted octanol–water partition coefficient (Wildman–Crippen LogP) is 1.96. The number of hydrogen-bond donors (Lipinski definition) is 4. The molecule has 7 nitrogen and oxygen atoms in total. The number of aromatic hydroxyl groups is 3. The molecule has 0 saturated carbocycles. The van der Waals surface area contributed by atoms with E-state index in [4.69, 9.17) is 0 Å². The maximum Gasteiger partial charge on any atom is 0.251 e. The average Bonchev–Trinajstić information content (AvgIpc) is 2.60. The predicted molar refractivity (Wildman–Crippen MR) is 92.6 cm³/mol. The fraction of sp³-hybridized carbons (Fsp3) is 0.556. The van der Waals surface area contributed by atoms with E-state index in [1.807, 2.05) is 18.7 Å². The minimum absolute atomic E-state index is 0.0640. The summed E-state index contributed by atoms with van der Waals surface area (Å²) in [7, 11) is 0. The van der Waals surface area contributed by atoms with Crippen LogP contribution in [0.25, 0.3) is 0 Å². The van der Waals surface area contributed by atoms with Crippen LogP contribution in [0, 0.1) is 5.92 Å². The molecule has 4 N–H and O–H groups in total. The summed E-state index contributed by atoms with van der Waals surface area (Å²) in [5.74, 6) is -1.93. The van der Waals surface area contributed by atoms with Crippen LogP contribution < -0.4 is 5.32 Å². The molecule has 1 fully saturated rings. The van der Waals surface area contributed by atoms with Crippen LogP contribution in [0.5, 0.6) is 17.2 Å². The van der Waals surface area contributed by atoms with Gasteiger partial charge in [-0.25, -0.2) is 0 Å². The van der Waals surface area contributed by atoms with Gasteiger partial charge in [-0.15, -0.1) is 0 Å². The molecule has 25 heavy (non-hydrogen) atoms. The van der Waals surface area contributed by atoms with E-state index in [0.29, 0.717) is 25.9 Å². The van der Waals surface area contributed by atoms with Gasteiger partial charge in [0.1, 0.15) is 0 Å². The van der Waals surface area contributed by atoms with Crippen LogP contribution in [0.3, 0.4) is 0 Å². The van der Waals surface area contributed by atoms with Gasteiger partial charge in [0.2, 0.25) is 5.91 Å². The van der Waals surface area contributed by atoms with Crippen LogP contribution in [-0.2, 0) is 4.79 Å². The highest BCUT2D eigenvalue weighted by Gasteiger charge is 2.27. The van der Waals surface area contributed by atoms with Gasteiger partial charge in [0.05, 0.1) is 0 Å². The maximum atomic E-state index is 12.4. The number of phenolic OH excluding ortho intramolecular Hbond substituents is 3. The van der Waals surface area contributed by atoms with Crippen LogP contribution in [0.15, 0.2) is 12.1 Å². The van der Waals surface area contributed by atoms with E-state index < -0.39 is 23.2 Å². The molecule has 1 aromatic rings. The zero-order valence-electron chi connectivity index (χ0n) is 14.7. The Morgan fingerprint density at radius 3 is 2.12 bits per heavy atom. The summed E-state index contributed by atoms with van der Waals surface area (Å²) in [6.07, 6.45) is 2.99. The Balaban J connectivity index is 1.92. The molecule has 138 valence electrons. The first kappa shape index (κ1) is 18.9. The van der Waals surface area contributed by atoms with E-state index in [-0.39, 0.29) is 23.4 Å². The van der Waals surface area contributed by atoms with Crippen molar-refractivity contribution in [2.75, 3.05) is 13.1 Å². The number of rotatable bonds is 5. The molecule has 0 spiro atoms. The fourth-order valence-electron chi connectivity index (χ4n) is 3.14. The normalized spacial score (nSPS) is 15.4. The topological polar surface area (TPSA) is 110 Å². The summed E-state index contributed by atoms with van der Waals surface area (Å²) < 4.78 is 0. The van der Waals surface area contributed by atoms with Gasteiger partial charge < -0.3 is 25.5 Å². The number of likely N-dealkylation sites (tertiary alicyclic amines) is 1. The molecule has 1 saturated heterocycles. The lowest BCUT2D eigenvalue weighted by Crippen LogP contribution is -2.48. The lowest BCUT2D eigenvalue weighted by atomic mass is 9.98. The number of hydrogen-bond acceptors (Lipinski definition) is 5. The van der Waals surface area contributed by atoms with Gasteiger partial charge in [-0.3, -0.25) is 9.59 Å². The quantitative estimate of drug-likeness (QED) is 0.607. The highest BCUT2D eigenvalue weighted by molar-refractivity contribution is 5.95. The Labute approximate surface area is 147 Å². The van der Waals surface area contributed by atoms with Gasteiger partial charge in [-0.05, 0) is 37.8 Å². The Morgan fingerprint density at radius 1 is 1.12 bits per heavy atom. The summed E-state index contributed by atoms with van der Waals surface area (Å²) in [5.41, 5.74) is 0.0725. The second-order valence-electron chi connectivity index (χ2n) is 6.45. The van der Waals surface area contributed by atoms with Gasteiger partial charge in [-0.1, -0.05) is 13.8 Å². The maximum absolute atomic E-state index is 12.4. The minimum atomic E-state index is -0.648. The molecule has 2 rings (SSSR count). The summed E-state index contributed by atoms with van der Waals surface area (Å²) in [6, 6.07) is 2.14. The third-order valence-electron chi connectivity index (χ3n) is 4.81. The summed E-state index contributed by atoms with van der Waals surface area (Å²) in [4.78, 5) is 26.5. The van der Waals surface area contributed by atoms with Gasteiger partial charge in [-0.2, -0.15) is 0 Å². The van der Waals surface area contributed by atoms with E-state index >= 15 is 0 Å². The lowest BCUT2D eigenvalue weighted by molar-refractivity contribution is -0.136. The van der Waals surface area contributed by atoms with Crippen molar-refractivity contribution >= 4 is 11.8 Å². The minimum Gasteiger partial charge on any atom is -0.504 e. The van der Waals surface area contributed by atoms with Gasteiger partial charge in [0.25, 0.3) is 5.91 Å². The zero-order valence-corrected chi connectivity index (χ0v) is 14.7. The van der Waals surface area contributed by atoms with Crippen molar-refractivity contribution in [2.24, 2.45) is 5.92 Å². The molecule has 1 heterocycles. The molecule has 0 atom stereocenters. The molecular formula is C18H26N2O5. The Kier molecular flexibility index (Phi) is 6.12. The second-order valence-corrected chi connectivity index (χ2v) is 6.45. The van der Waals surface area contributed by atoms with Crippen LogP contribution >= 0.6 is 0 Å². The first-order valence-corrected chi connectivity index (χ1v) is 8.71. The molecule has 0 aromatic heterocycles. The fourth-order valence-corrected chi connectivity index (χ4v) is 3.14. The molecule has 0 aliphatic carbocycles. The lowest BCUT2D eigenvalue weighted by Gasteiger charge is -2.34. The average molecular weight is 350 g/mol. The number of nitrogens with zero attached hydrogens (tertiary/aromatic N) is 1. The molecule has 0 bridgehead atoms. The molecule has 1 aromatic carbocycles. The van der Waals surface area contributed by atoms with E-state index in [2.05, 4.69) is 5.32 Å². The Morgan fingerprint density at radius 2 is 1.64 bits per heavy atom. The molecular weight excluding hydrogens is 324 g/mol. The SMILES string of the molecule is CCC(CC)C(=O)N1CCC(NC(=O)c2cc(O)c(O)c(O)c2)CC1. The molecule has 1 aliphatic rings. The molecule has 2 amide bonds. The first-order valence-electron chi connectivity index (χ1n) is 8.71. The van der Waals surface area contributed by atoms with E-state index in [1.54, 1.807) is 0 Å². The van der Waals surface area contributed by atoms with Crippen molar-refractivity contribution in [3.8, 4) is 17.2 Å². The molecule has 1 aliphatic heterocycles. The molecule has 0 unspecified atom stereocenters. The van der Waals surface area contributed by atoms with Gasteiger partial charge in [0.15, 0.2) is 17.2 Å². The van der Waals surface area contributed by atoms with E-state index in [0.717, 1.165) is 25.0 Å². The molecule has 7 heteroatoms. The number of benzene rings is 1. The molecule has 0 radical (unpaired) electrons. The standard InChI is InChI=1S/C18H26N2O5/c1-3-11(4-2)18(25)20-7-5-13(6-8-20)19-17(24)12-9-14(21)16(23)15(22)10-12/h9-11,13,21-23H,3-8H2,1-2H3,(H,19,24). The summed E-state index contributed by atoms with van der Waals surface area (Å²) in [6.45, 7) is 5.24. The highest BCUT2D eigenvalue weighted by Crippen LogP contribution is 2.35. The highest BCUT2D eigenvalue weighted by atomic mass is 16.3. The first-order chi connectivity index (χ1) is 11.9. The number of phenols is 3. The van der Waals surface area contributed by atoms with Crippen molar-refractivity contribution in [1.82, 2.24) is 10.2 Å². The van der Waals surface area contributed by atoms with Crippen LogP contribution in [-0.4, -0.2) is 51.2 Å². The Hall–Kier alpha value is -2.44. The smallest absolute Gasteiger partial charge is 0.251 e. The number of carbonyl (C=O) groups excluding carboxylic acids is 2. The van der Waals surface area contributed by atoms with Crippen LogP contribution in [0.4, 0.5) is 0 Å². The van der Waals surface area contributed by atoms with E-state index in [1.165, 1.54) is 0 Å². The van der Waals surface area contributed by atoms with Crippen molar-refractivity contribution in [3.05, 3.63) is 17.7 Å². The zero-order chi connectivity index (χ0) is 18.6. The van der Waals surface area contributed by atoms with Crippen molar-refractivity contribution in [3.63, 3.8) is 0 Å². The third-order valence-corrected chi connectivity index (χ3v) is 4.81. The van der Waals surface area contributed by atoms with Crippen LogP contribution in [0.1, 0.15) is 49.9 Å². The van der Waals surface area contributed by atoms with Gasteiger partial charge >= 0.3 is 0 Å². The van der Waals surface area contributed by atoms with Crippen molar-refractivity contribution in [1.29, 1.82) is 0 Å². The number of piperidine rings is 1. The van der Waals surface area contributed by atoms with Gasteiger partial charge in [0, 0.05) is 30.6 Å². The number of nitrogens with one attached hydrogen (secondary N) is 1. The third kappa shape index (κ3) is 4.35. The summed E-state index contributed by atoms with van der Waals surface area (Å²) in [5, 5.41) is 31.2. The Bertz CT molecular complexity index is 611. The number of amides is 2. The summed E-state index contributed by atoms with van der Waals surface area (Å²) >= 11 is 0. The monoisotopic (exact) mass is 350 g/mol. The van der Waals surface area contributed by atoms with E-state index in [9.17, 15) is 24.9 Å².